The van der Waals surface area contributed by atoms with Crippen LogP contribution in [0.4, 0.5) is 0 Å². The van der Waals surface area contributed by atoms with Gasteiger partial charge in [0.15, 0.2) is 11.5 Å². The second kappa shape index (κ2) is 5.23. The lowest BCUT2D eigenvalue weighted by atomic mass is 9.89. The van der Waals surface area contributed by atoms with Crippen molar-refractivity contribution in [3.8, 4) is 28.4 Å². The number of imide groups is 1. The van der Waals surface area contributed by atoms with Crippen molar-refractivity contribution in [2.75, 3.05) is 13.9 Å². The van der Waals surface area contributed by atoms with E-state index in [0.29, 0.717) is 33.9 Å². The number of methoxy groups -OCH3 is 1. The number of amides is 2. The molecule has 0 bridgehead atoms. The summed E-state index contributed by atoms with van der Waals surface area (Å²) in [6, 6.07) is 12.8. The molecule has 0 aliphatic carbocycles. The van der Waals surface area contributed by atoms with E-state index in [1.165, 1.54) is 0 Å². The van der Waals surface area contributed by atoms with Crippen LogP contribution in [-0.2, 0) is 0 Å². The van der Waals surface area contributed by atoms with Gasteiger partial charge in [-0.1, -0.05) is 18.2 Å². The van der Waals surface area contributed by atoms with E-state index in [1.807, 2.05) is 36.4 Å². The first-order valence-electron chi connectivity index (χ1n) is 8.07. The molecule has 0 fully saturated rings. The second-order valence-electron chi connectivity index (χ2n) is 6.08. The number of hydrogen-bond donors (Lipinski definition) is 1. The third-order valence-corrected chi connectivity index (χ3v) is 4.71. The molecule has 5 rings (SSSR count). The average molecular weight is 347 g/mol. The van der Waals surface area contributed by atoms with Crippen molar-refractivity contribution in [3.05, 3.63) is 53.6 Å². The quantitative estimate of drug-likeness (QED) is 0.721. The number of carbonyl (C=O) groups is 2. The molecule has 0 aromatic heterocycles. The van der Waals surface area contributed by atoms with Crippen LogP contribution in [0.5, 0.6) is 17.2 Å². The van der Waals surface area contributed by atoms with Crippen molar-refractivity contribution in [3.63, 3.8) is 0 Å². The molecule has 2 amide bonds. The number of rotatable bonds is 2. The summed E-state index contributed by atoms with van der Waals surface area (Å²) >= 11 is 0. The van der Waals surface area contributed by atoms with E-state index >= 15 is 0 Å². The Morgan fingerprint density at radius 3 is 2.50 bits per heavy atom. The van der Waals surface area contributed by atoms with Gasteiger partial charge in [-0.2, -0.15) is 0 Å². The van der Waals surface area contributed by atoms with Crippen LogP contribution in [0.1, 0.15) is 20.7 Å². The third-order valence-electron chi connectivity index (χ3n) is 4.71. The number of para-hydroxylation sites is 1. The summed E-state index contributed by atoms with van der Waals surface area (Å²) in [5.41, 5.74) is 2.09. The molecule has 0 unspecified atom stereocenters. The highest BCUT2D eigenvalue weighted by Crippen LogP contribution is 2.45. The second-order valence-corrected chi connectivity index (χ2v) is 6.08. The normalized spacial score (nSPS) is 14.5. The Balaban J connectivity index is 1.95. The molecule has 26 heavy (non-hydrogen) atoms. The fourth-order valence-electron chi connectivity index (χ4n) is 3.57. The van der Waals surface area contributed by atoms with E-state index in [9.17, 15) is 9.59 Å². The Bertz CT molecular complexity index is 1120. The summed E-state index contributed by atoms with van der Waals surface area (Å²) in [6.07, 6.45) is 0. The summed E-state index contributed by atoms with van der Waals surface area (Å²) in [5.74, 6) is 1.03. The van der Waals surface area contributed by atoms with E-state index in [4.69, 9.17) is 14.2 Å². The highest BCUT2D eigenvalue weighted by atomic mass is 16.7. The molecule has 2 heterocycles. The van der Waals surface area contributed by atoms with E-state index in [1.54, 1.807) is 13.2 Å². The molecular formula is C20H13NO5. The van der Waals surface area contributed by atoms with Crippen LogP contribution in [0.15, 0.2) is 42.5 Å². The molecule has 2 aliphatic heterocycles. The Hall–Kier alpha value is -3.54. The molecule has 1 N–H and O–H groups in total. The van der Waals surface area contributed by atoms with Crippen LogP contribution < -0.4 is 19.5 Å². The predicted octanol–water partition coefficient (Wildman–Crippen LogP) is 3.13. The largest absolute Gasteiger partial charge is 0.496 e. The van der Waals surface area contributed by atoms with Gasteiger partial charge >= 0.3 is 0 Å². The van der Waals surface area contributed by atoms with Crippen LogP contribution >= 0.6 is 0 Å². The lowest BCUT2D eigenvalue weighted by molar-refractivity contribution is 0.0880. The summed E-state index contributed by atoms with van der Waals surface area (Å²) in [4.78, 5) is 24.8. The smallest absolute Gasteiger partial charge is 0.259 e. The maximum absolute atomic E-state index is 12.5. The summed E-state index contributed by atoms with van der Waals surface area (Å²) in [6.45, 7) is 0.148. The monoisotopic (exact) mass is 347 g/mol. The summed E-state index contributed by atoms with van der Waals surface area (Å²) < 4.78 is 16.4. The predicted molar refractivity (Wildman–Crippen MR) is 93.9 cm³/mol. The van der Waals surface area contributed by atoms with E-state index in [-0.39, 0.29) is 6.79 Å². The van der Waals surface area contributed by atoms with Gasteiger partial charge in [-0.25, -0.2) is 0 Å². The lowest BCUT2D eigenvalue weighted by Gasteiger charge is -2.15. The van der Waals surface area contributed by atoms with E-state index in [0.717, 1.165) is 16.3 Å². The first kappa shape index (κ1) is 14.8. The molecule has 0 saturated carbocycles. The van der Waals surface area contributed by atoms with E-state index < -0.39 is 11.8 Å². The highest BCUT2D eigenvalue weighted by Gasteiger charge is 2.33. The van der Waals surface area contributed by atoms with Crippen LogP contribution in [0, 0.1) is 0 Å². The number of benzene rings is 3. The zero-order chi connectivity index (χ0) is 17.8. The standard InChI is InChI=1S/C20H13NO5/c1-24-14-5-3-2-4-11(14)17-12-8-16-15(25-9-26-16)7-10(12)6-13-18(17)20(23)21-19(13)22/h2-8H,9H2,1H3,(H,21,22,23). The maximum atomic E-state index is 12.5. The van der Waals surface area contributed by atoms with E-state index in [2.05, 4.69) is 5.32 Å². The molecule has 3 aromatic carbocycles. The Labute approximate surface area is 148 Å². The minimum Gasteiger partial charge on any atom is -0.496 e. The topological polar surface area (TPSA) is 73.9 Å². The number of hydrogen-bond acceptors (Lipinski definition) is 5. The summed E-state index contributed by atoms with van der Waals surface area (Å²) in [7, 11) is 1.57. The molecule has 0 radical (unpaired) electrons. The number of fused-ring (bicyclic) bond motifs is 3. The first-order valence-corrected chi connectivity index (χ1v) is 8.07. The average Bonchev–Trinajstić information content (AvgIpc) is 3.22. The Kier molecular flexibility index (Phi) is 2.97. The van der Waals surface area contributed by atoms with Gasteiger partial charge in [0.2, 0.25) is 6.79 Å². The SMILES string of the molecule is COc1ccccc1-c1c2c(cc3cc4c(cc13)OCO4)C(=O)NC2=O. The molecule has 0 saturated heterocycles. The molecule has 0 atom stereocenters. The van der Waals surface area contributed by atoms with Gasteiger partial charge in [0, 0.05) is 11.1 Å². The van der Waals surface area contributed by atoms with Crippen LogP contribution in [-0.4, -0.2) is 25.7 Å². The molecule has 6 heteroatoms. The van der Waals surface area contributed by atoms with Crippen LogP contribution in [0.2, 0.25) is 0 Å². The first-order chi connectivity index (χ1) is 12.7. The van der Waals surface area contributed by atoms with Crippen molar-refractivity contribution < 1.29 is 23.8 Å². The molecule has 0 spiro atoms. The fourth-order valence-corrected chi connectivity index (χ4v) is 3.57. The molecule has 3 aromatic rings. The van der Waals surface area contributed by atoms with Gasteiger partial charge in [0.05, 0.1) is 18.2 Å². The maximum Gasteiger partial charge on any atom is 0.259 e. The van der Waals surface area contributed by atoms with Crippen molar-refractivity contribution in [1.29, 1.82) is 0 Å². The van der Waals surface area contributed by atoms with Gasteiger partial charge in [-0.05, 0) is 35.0 Å². The summed E-state index contributed by atoms with van der Waals surface area (Å²) in [5, 5.41) is 3.97. The molecular weight excluding hydrogens is 334 g/mol. The van der Waals surface area contributed by atoms with Crippen LogP contribution in [0.25, 0.3) is 21.9 Å². The van der Waals surface area contributed by atoms with Crippen molar-refractivity contribution >= 4 is 22.6 Å². The van der Waals surface area contributed by atoms with Crippen molar-refractivity contribution in [2.24, 2.45) is 0 Å². The van der Waals surface area contributed by atoms with Gasteiger partial charge in [0.25, 0.3) is 11.8 Å². The van der Waals surface area contributed by atoms with Gasteiger partial charge < -0.3 is 14.2 Å². The number of carbonyl (C=O) groups excluding carboxylic acids is 2. The minimum absolute atomic E-state index is 0.148. The zero-order valence-corrected chi connectivity index (χ0v) is 13.8. The fraction of sp³-hybridized carbons (Fsp3) is 0.100. The number of nitrogens with one attached hydrogen (secondary N) is 1. The van der Waals surface area contributed by atoms with Crippen LogP contribution in [0.3, 0.4) is 0 Å². The number of ether oxygens (including phenoxy) is 3. The molecule has 2 aliphatic rings. The van der Waals surface area contributed by atoms with Gasteiger partial charge in [0.1, 0.15) is 5.75 Å². The third kappa shape index (κ3) is 1.92. The molecule has 128 valence electrons. The van der Waals surface area contributed by atoms with Crippen molar-refractivity contribution in [2.45, 2.75) is 0 Å². The van der Waals surface area contributed by atoms with Crippen molar-refractivity contribution in [1.82, 2.24) is 5.32 Å². The zero-order valence-electron chi connectivity index (χ0n) is 13.8. The lowest BCUT2D eigenvalue weighted by Crippen LogP contribution is -2.20. The minimum atomic E-state index is -0.412. The van der Waals surface area contributed by atoms with Gasteiger partial charge in [-0.15, -0.1) is 0 Å². The van der Waals surface area contributed by atoms with Gasteiger partial charge in [-0.3, -0.25) is 14.9 Å². The Morgan fingerprint density at radius 2 is 1.69 bits per heavy atom. The molecule has 6 nitrogen and oxygen atoms in total. The Morgan fingerprint density at radius 1 is 0.923 bits per heavy atom. The highest BCUT2D eigenvalue weighted by molar-refractivity contribution is 6.27.